The van der Waals surface area contributed by atoms with Crippen LogP contribution in [0, 0.1) is 5.82 Å². The molecule has 1 aromatic carbocycles. The van der Waals surface area contributed by atoms with Crippen LogP contribution in [0.1, 0.15) is 18.0 Å². The van der Waals surface area contributed by atoms with Crippen LogP contribution < -0.4 is 5.32 Å². The second kappa shape index (κ2) is 7.32. The molecule has 0 radical (unpaired) electrons. The Morgan fingerprint density at radius 3 is 2.32 bits per heavy atom. The summed E-state index contributed by atoms with van der Waals surface area (Å²) in [5.74, 6) is -2.28. The number of likely N-dealkylation sites (N-methyl/N-ethyl adjacent to an activating group) is 1. The molecule has 1 aromatic rings. The van der Waals surface area contributed by atoms with E-state index in [0.717, 1.165) is 22.7 Å². The van der Waals surface area contributed by atoms with E-state index in [1.54, 1.807) is 0 Å². The molecule has 0 spiro atoms. The molecule has 0 fully saturated rings. The Balaban J connectivity index is 2.83. The lowest BCUT2D eigenvalue weighted by Gasteiger charge is -2.20. The molecule has 0 saturated heterocycles. The Morgan fingerprint density at radius 2 is 1.86 bits per heavy atom. The highest BCUT2D eigenvalue weighted by molar-refractivity contribution is 7.88. The molecule has 2 N–H and O–H groups in total. The van der Waals surface area contributed by atoms with Gasteiger partial charge in [-0.05, 0) is 17.7 Å². The molecular weight excluding hydrogens is 315 g/mol. The third kappa shape index (κ3) is 5.78. The van der Waals surface area contributed by atoms with Crippen molar-refractivity contribution < 1.29 is 27.5 Å². The number of nitrogens with zero attached hydrogens (tertiary/aromatic N) is 1. The van der Waals surface area contributed by atoms with Crippen LogP contribution in [0.15, 0.2) is 24.3 Å². The van der Waals surface area contributed by atoms with Crippen LogP contribution in [0.25, 0.3) is 0 Å². The standard InChI is InChI=1S/C13H17FN2O5S/c1-16(22(2,20)21)8-12(17)15-11(7-13(18)19)9-3-5-10(14)6-4-9/h3-6,11H,7-8H2,1-2H3,(H,15,17)(H,18,19). The summed E-state index contributed by atoms with van der Waals surface area (Å²) < 4.78 is 36.2. The van der Waals surface area contributed by atoms with Crippen LogP contribution in [-0.4, -0.2) is 49.6 Å². The largest absolute Gasteiger partial charge is 0.481 e. The maximum Gasteiger partial charge on any atom is 0.305 e. The molecule has 1 unspecified atom stereocenters. The van der Waals surface area contributed by atoms with Gasteiger partial charge in [0.2, 0.25) is 15.9 Å². The normalized spacial score (nSPS) is 12.9. The number of carboxylic acid groups (broad SMARTS) is 1. The van der Waals surface area contributed by atoms with Crippen molar-refractivity contribution in [3.05, 3.63) is 35.6 Å². The Morgan fingerprint density at radius 1 is 1.32 bits per heavy atom. The zero-order valence-corrected chi connectivity index (χ0v) is 12.9. The van der Waals surface area contributed by atoms with E-state index in [4.69, 9.17) is 5.11 Å². The number of amides is 1. The highest BCUT2D eigenvalue weighted by Gasteiger charge is 2.21. The molecule has 7 nitrogen and oxygen atoms in total. The van der Waals surface area contributed by atoms with Crippen LogP contribution in [0.2, 0.25) is 0 Å². The number of carbonyl (C=O) groups is 2. The summed E-state index contributed by atoms with van der Waals surface area (Å²) in [6.07, 6.45) is 0.551. The molecule has 1 rings (SSSR count). The van der Waals surface area contributed by atoms with Gasteiger partial charge in [0.1, 0.15) is 5.82 Å². The number of hydrogen-bond donors (Lipinski definition) is 2. The first kappa shape index (κ1) is 18.1. The molecule has 22 heavy (non-hydrogen) atoms. The van der Waals surface area contributed by atoms with Crippen LogP contribution in [0.5, 0.6) is 0 Å². The summed E-state index contributed by atoms with van der Waals surface area (Å²) in [5, 5.41) is 11.3. The van der Waals surface area contributed by atoms with Gasteiger partial charge in [-0.1, -0.05) is 12.1 Å². The van der Waals surface area contributed by atoms with Crippen molar-refractivity contribution in [2.75, 3.05) is 19.8 Å². The lowest BCUT2D eigenvalue weighted by Crippen LogP contribution is -2.39. The van der Waals surface area contributed by atoms with E-state index in [2.05, 4.69) is 5.32 Å². The van der Waals surface area contributed by atoms with Crippen molar-refractivity contribution in [1.82, 2.24) is 9.62 Å². The summed E-state index contributed by atoms with van der Waals surface area (Å²) in [6.45, 7) is -0.434. The van der Waals surface area contributed by atoms with Gasteiger partial charge in [-0.2, -0.15) is 4.31 Å². The summed E-state index contributed by atoms with van der Waals surface area (Å²) in [5.41, 5.74) is 0.416. The van der Waals surface area contributed by atoms with Crippen molar-refractivity contribution in [2.45, 2.75) is 12.5 Å². The molecule has 9 heteroatoms. The number of halogens is 1. The van der Waals surface area contributed by atoms with Gasteiger partial charge in [-0.25, -0.2) is 12.8 Å². The lowest BCUT2D eigenvalue weighted by atomic mass is 10.0. The zero-order valence-electron chi connectivity index (χ0n) is 12.1. The monoisotopic (exact) mass is 332 g/mol. The molecule has 0 saturated carbocycles. The summed E-state index contributed by atoms with van der Waals surface area (Å²) in [7, 11) is -2.29. The number of sulfonamides is 1. The van der Waals surface area contributed by atoms with Gasteiger partial charge in [0.15, 0.2) is 0 Å². The quantitative estimate of drug-likeness (QED) is 0.750. The first-order chi connectivity index (χ1) is 10.1. The zero-order chi connectivity index (χ0) is 16.9. The van der Waals surface area contributed by atoms with Gasteiger partial charge in [0.05, 0.1) is 25.3 Å². The molecule has 1 atom stereocenters. The van der Waals surface area contributed by atoms with Gasteiger partial charge in [0, 0.05) is 7.05 Å². The van der Waals surface area contributed by atoms with Crippen LogP contribution in [-0.2, 0) is 19.6 Å². The number of carboxylic acids is 1. The minimum Gasteiger partial charge on any atom is -0.481 e. The third-order valence-electron chi connectivity index (χ3n) is 2.92. The van der Waals surface area contributed by atoms with Crippen molar-refractivity contribution in [3.63, 3.8) is 0 Å². The van der Waals surface area contributed by atoms with Gasteiger partial charge in [0.25, 0.3) is 0 Å². The topological polar surface area (TPSA) is 104 Å². The minimum absolute atomic E-state index is 0.403. The molecule has 122 valence electrons. The molecule has 0 aromatic heterocycles. The van der Waals surface area contributed by atoms with E-state index in [-0.39, 0.29) is 0 Å². The van der Waals surface area contributed by atoms with Gasteiger partial charge < -0.3 is 10.4 Å². The Bertz CT molecular complexity index is 645. The van der Waals surface area contributed by atoms with Gasteiger partial charge in [-0.3, -0.25) is 9.59 Å². The van der Waals surface area contributed by atoms with Gasteiger partial charge >= 0.3 is 5.97 Å². The van der Waals surface area contributed by atoms with Crippen molar-refractivity contribution in [3.8, 4) is 0 Å². The predicted octanol–water partition coefficient (Wildman–Crippen LogP) is 0.349. The third-order valence-corrected chi connectivity index (χ3v) is 4.18. The minimum atomic E-state index is -3.52. The van der Waals surface area contributed by atoms with E-state index < -0.39 is 46.7 Å². The smallest absolute Gasteiger partial charge is 0.305 e. The fourth-order valence-electron chi connectivity index (χ4n) is 1.68. The van der Waals surface area contributed by atoms with Crippen molar-refractivity contribution in [2.24, 2.45) is 0 Å². The SMILES string of the molecule is CN(CC(=O)NC(CC(=O)O)c1ccc(F)cc1)S(C)(=O)=O. The highest BCUT2D eigenvalue weighted by Crippen LogP contribution is 2.17. The number of rotatable bonds is 7. The lowest BCUT2D eigenvalue weighted by molar-refractivity contribution is -0.137. The van der Waals surface area contributed by atoms with E-state index in [1.807, 2.05) is 0 Å². The van der Waals surface area contributed by atoms with Gasteiger partial charge in [-0.15, -0.1) is 0 Å². The summed E-state index contributed by atoms with van der Waals surface area (Å²) in [4.78, 5) is 22.7. The Kier molecular flexibility index (Phi) is 6.01. The molecule has 0 aliphatic heterocycles. The van der Waals surface area contributed by atoms with E-state index in [0.29, 0.717) is 5.56 Å². The molecule has 0 bridgehead atoms. The van der Waals surface area contributed by atoms with Crippen molar-refractivity contribution >= 4 is 21.9 Å². The van der Waals surface area contributed by atoms with Crippen LogP contribution in [0.3, 0.4) is 0 Å². The fraction of sp³-hybridized carbons (Fsp3) is 0.385. The maximum absolute atomic E-state index is 12.9. The molecule has 0 heterocycles. The number of nitrogens with one attached hydrogen (secondary N) is 1. The number of aliphatic carboxylic acids is 1. The average molecular weight is 332 g/mol. The second-order valence-corrected chi connectivity index (χ2v) is 6.88. The molecule has 0 aliphatic carbocycles. The molecule has 0 aliphatic rings. The predicted molar refractivity (Wildman–Crippen MR) is 77.0 cm³/mol. The second-order valence-electron chi connectivity index (χ2n) is 4.79. The average Bonchev–Trinajstić information content (AvgIpc) is 2.37. The first-order valence-electron chi connectivity index (χ1n) is 6.27. The first-order valence-corrected chi connectivity index (χ1v) is 8.12. The summed E-state index contributed by atoms with van der Waals surface area (Å²) >= 11 is 0. The van der Waals surface area contributed by atoms with Crippen LogP contribution in [0.4, 0.5) is 4.39 Å². The van der Waals surface area contributed by atoms with E-state index in [9.17, 15) is 22.4 Å². The number of carbonyl (C=O) groups excluding carboxylic acids is 1. The molecular formula is C13H17FN2O5S. The van der Waals surface area contributed by atoms with E-state index >= 15 is 0 Å². The van der Waals surface area contributed by atoms with Crippen LogP contribution >= 0.6 is 0 Å². The van der Waals surface area contributed by atoms with Crippen molar-refractivity contribution in [1.29, 1.82) is 0 Å². The maximum atomic E-state index is 12.9. The fourth-order valence-corrected chi connectivity index (χ4v) is 2.03. The Labute approximate surface area is 127 Å². The number of hydrogen-bond acceptors (Lipinski definition) is 4. The molecule has 1 amide bonds. The number of benzene rings is 1. The summed E-state index contributed by atoms with van der Waals surface area (Å²) in [6, 6.07) is 4.16. The van der Waals surface area contributed by atoms with E-state index in [1.165, 1.54) is 19.2 Å². The highest BCUT2D eigenvalue weighted by atomic mass is 32.2. The Hall–Kier alpha value is -2.00.